The molecule has 78 valence electrons. The second-order valence-corrected chi connectivity index (χ2v) is 3.13. The van der Waals surface area contributed by atoms with Crippen LogP contribution in [0.4, 0.5) is 8.78 Å². The lowest BCUT2D eigenvalue weighted by Crippen LogP contribution is -2.26. The zero-order valence-electron chi connectivity index (χ0n) is 8.06. The summed E-state index contributed by atoms with van der Waals surface area (Å²) in [6.07, 6.45) is 0. The summed E-state index contributed by atoms with van der Waals surface area (Å²) < 4.78 is 25.8. The lowest BCUT2D eigenvalue weighted by molar-refractivity contribution is 0.522. The molecule has 1 unspecified atom stereocenters. The van der Waals surface area contributed by atoms with E-state index < -0.39 is 11.6 Å². The molecule has 1 aromatic rings. The molecule has 0 aliphatic heterocycles. The first kappa shape index (κ1) is 11.1. The van der Waals surface area contributed by atoms with Crippen LogP contribution in [0.2, 0.25) is 0 Å². The van der Waals surface area contributed by atoms with Gasteiger partial charge in [0.2, 0.25) is 0 Å². The third-order valence-corrected chi connectivity index (χ3v) is 2.02. The van der Waals surface area contributed by atoms with Gasteiger partial charge >= 0.3 is 0 Å². The molecule has 0 bridgehead atoms. The molecule has 0 aliphatic rings. The van der Waals surface area contributed by atoms with E-state index in [9.17, 15) is 8.78 Å². The Kier molecular flexibility index (Phi) is 3.98. The molecule has 0 spiro atoms. The zero-order valence-corrected chi connectivity index (χ0v) is 8.06. The Labute approximate surface area is 82.1 Å². The van der Waals surface area contributed by atoms with E-state index in [2.05, 4.69) is 5.32 Å². The first-order valence-electron chi connectivity index (χ1n) is 4.53. The van der Waals surface area contributed by atoms with Crippen molar-refractivity contribution in [1.82, 2.24) is 5.32 Å². The van der Waals surface area contributed by atoms with Gasteiger partial charge in [-0.3, -0.25) is 0 Å². The Morgan fingerprint density at radius 3 is 2.71 bits per heavy atom. The van der Waals surface area contributed by atoms with Gasteiger partial charge in [0.15, 0.2) is 0 Å². The van der Waals surface area contributed by atoms with E-state index in [1.807, 2.05) is 6.92 Å². The van der Waals surface area contributed by atoms with E-state index in [0.717, 1.165) is 6.07 Å². The van der Waals surface area contributed by atoms with Crippen molar-refractivity contribution in [1.29, 1.82) is 0 Å². The number of rotatable bonds is 4. The van der Waals surface area contributed by atoms with E-state index in [1.165, 1.54) is 12.1 Å². The van der Waals surface area contributed by atoms with Crippen molar-refractivity contribution >= 4 is 0 Å². The van der Waals surface area contributed by atoms with Gasteiger partial charge < -0.3 is 11.1 Å². The van der Waals surface area contributed by atoms with Gasteiger partial charge in [0.1, 0.15) is 11.6 Å². The highest BCUT2D eigenvalue weighted by molar-refractivity contribution is 5.21. The van der Waals surface area contributed by atoms with E-state index in [0.29, 0.717) is 18.7 Å². The molecule has 0 saturated heterocycles. The minimum Gasteiger partial charge on any atom is -0.329 e. The summed E-state index contributed by atoms with van der Waals surface area (Å²) in [5.41, 5.74) is 5.76. The summed E-state index contributed by atoms with van der Waals surface area (Å²) in [7, 11) is 0. The van der Waals surface area contributed by atoms with Gasteiger partial charge in [0, 0.05) is 30.8 Å². The van der Waals surface area contributed by atoms with Crippen molar-refractivity contribution in [2.24, 2.45) is 5.73 Å². The molecule has 4 heteroatoms. The molecule has 0 amide bonds. The standard InChI is InChI=1S/C10H14F2N2/c1-7(14-5-4-13)9-3-2-8(11)6-10(9)12/h2-3,6-7,14H,4-5,13H2,1H3. The summed E-state index contributed by atoms with van der Waals surface area (Å²) in [6, 6.07) is 3.42. The van der Waals surface area contributed by atoms with Gasteiger partial charge in [-0.05, 0) is 13.0 Å². The van der Waals surface area contributed by atoms with Crippen LogP contribution < -0.4 is 11.1 Å². The van der Waals surface area contributed by atoms with Gasteiger partial charge in [-0.25, -0.2) is 8.78 Å². The predicted octanol–water partition coefficient (Wildman–Crippen LogP) is 1.57. The topological polar surface area (TPSA) is 38.0 Å². The van der Waals surface area contributed by atoms with Crippen LogP contribution in [-0.2, 0) is 0 Å². The molecule has 14 heavy (non-hydrogen) atoms. The quantitative estimate of drug-likeness (QED) is 0.774. The van der Waals surface area contributed by atoms with E-state index >= 15 is 0 Å². The highest BCUT2D eigenvalue weighted by Gasteiger charge is 2.10. The van der Waals surface area contributed by atoms with Crippen LogP contribution >= 0.6 is 0 Å². The van der Waals surface area contributed by atoms with Crippen molar-refractivity contribution < 1.29 is 8.78 Å². The van der Waals surface area contributed by atoms with Gasteiger partial charge in [0.05, 0.1) is 0 Å². The number of benzene rings is 1. The Morgan fingerprint density at radius 2 is 2.14 bits per heavy atom. The maximum atomic E-state index is 13.2. The van der Waals surface area contributed by atoms with Gasteiger partial charge in [-0.2, -0.15) is 0 Å². The van der Waals surface area contributed by atoms with Crippen LogP contribution in [0.15, 0.2) is 18.2 Å². The second-order valence-electron chi connectivity index (χ2n) is 3.13. The van der Waals surface area contributed by atoms with Gasteiger partial charge in [0.25, 0.3) is 0 Å². The summed E-state index contributed by atoms with van der Waals surface area (Å²) in [5.74, 6) is -1.08. The Morgan fingerprint density at radius 1 is 1.43 bits per heavy atom. The summed E-state index contributed by atoms with van der Waals surface area (Å²) in [6.45, 7) is 2.91. The maximum Gasteiger partial charge on any atom is 0.130 e. The summed E-state index contributed by atoms with van der Waals surface area (Å²) in [5, 5.41) is 3.02. The van der Waals surface area contributed by atoms with Crippen LogP contribution in [0.1, 0.15) is 18.5 Å². The van der Waals surface area contributed by atoms with Gasteiger partial charge in [-0.15, -0.1) is 0 Å². The Bertz CT molecular complexity index is 302. The molecule has 1 aromatic carbocycles. The van der Waals surface area contributed by atoms with E-state index in [4.69, 9.17) is 5.73 Å². The molecule has 0 heterocycles. The number of hydrogen-bond donors (Lipinski definition) is 2. The van der Waals surface area contributed by atoms with Crippen LogP contribution in [0.5, 0.6) is 0 Å². The number of hydrogen-bond acceptors (Lipinski definition) is 2. The fraction of sp³-hybridized carbons (Fsp3) is 0.400. The fourth-order valence-corrected chi connectivity index (χ4v) is 1.26. The molecule has 0 saturated carbocycles. The van der Waals surface area contributed by atoms with Crippen LogP contribution in [0, 0.1) is 11.6 Å². The molecule has 0 aliphatic carbocycles. The largest absolute Gasteiger partial charge is 0.329 e. The third-order valence-electron chi connectivity index (χ3n) is 2.02. The molecule has 0 radical (unpaired) electrons. The fourth-order valence-electron chi connectivity index (χ4n) is 1.26. The first-order valence-corrected chi connectivity index (χ1v) is 4.53. The normalized spacial score (nSPS) is 12.9. The SMILES string of the molecule is CC(NCCN)c1ccc(F)cc1F. The molecule has 1 rings (SSSR count). The molecule has 1 atom stereocenters. The molecule has 2 nitrogen and oxygen atoms in total. The Hall–Kier alpha value is -1.00. The molecular formula is C10H14F2N2. The number of nitrogens with one attached hydrogen (secondary N) is 1. The monoisotopic (exact) mass is 200 g/mol. The first-order chi connectivity index (χ1) is 6.65. The average molecular weight is 200 g/mol. The predicted molar refractivity (Wildman–Crippen MR) is 51.8 cm³/mol. The molecule has 0 aromatic heterocycles. The van der Waals surface area contributed by atoms with Crippen molar-refractivity contribution in [3.8, 4) is 0 Å². The van der Waals surface area contributed by atoms with Crippen molar-refractivity contribution in [2.45, 2.75) is 13.0 Å². The van der Waals surface area contributed by atoms with Crippen LogP contribution in [0.3, 0.4) is 0 Å². The maximum absolute atomic E-state index is 13.2. The minimum absolute atomic E-state index is 0.154. The lowest BCUT2D eigenvalue weighted by Gasteiger charge is -2.14. The molecular weight excluding hydrogens is 186 g/mol. The highest BCUT2D eigenvalue weighted by atomic mass is 19.1. The van der Waals surface area contributed by atoms with Crippen molar-refractivity contribution in [3.05, 3.63) is 35.4 Å². The van der Waals surface area contributed by atoms with Gasteiger partial charge in [-0.1, -0.05) is 6.07 Å². The second kappa shape index (κ2) is 5.02. The van der Waals surface area contributed by atoms with Crippen LogP contribution in [-0.4, -0.2) is 13.1 Å². The zero-order chi connectivity index (χ0) is 10.6. The van der Waals surface area contributed by atoms with E-state index in [1.54, 1.807) is 0 Å². The third kappa shape index (κ3) is 2.75. The summed E-state index contributed by atoms with van der Waals surface area (Å²) >= 11 is 0. The smallest absolute Gasteiger partial charge is 0.130 e. The summed E-state index contributed by atoms with van der Waals surface area (Å²) in [4.78, 5) is 0. The van der Waals surface area contributed by atoms with Crippen LogP contribution in [0.25, 0.3) is 0 Å². The minimum atomic E-state index is -0.558. The average Bonchev–Trinajstić information content (AvgIpc) is 2.14. The highest BCUT2D eigenvalue weighted by Crippen LogP contribution is 2.17. The Balaban J connectivity index is 2.74. The number of halogens is 2. The molecule has 3 N–H and O–H groups in total. The van der Waals surface area contributed by atoms with E-state index in [-0.39, 0.29) is 6.04 Å². The van der Waals surface area contributed by atoms with Crippen molar-refractivity contribution in [2.75, 3.05) is 13.1 Å². The molecule has 0 fully saturated rings. The van der Waals surface area contributed by atoms with Crippen molar-refractivity contribution in [3.63, 3.8) is 0 Å². The number of nitrogens with two attached hydrogens (primary N) is 1. The lowest BCUT2D eigenvalue weighted by atomic mass is 10.1.